The largest absolute Gasteiger partial charge is 0.335 e. The monoisotopic (exact) mass is 340 g/mol. The number of benzene rings is 2. The average molecular weight is 341 g/mol. The van der Waals surface area contributed by atoms with E-state index in [1.165, 1.54) is 17.7 Å². The molecule has 2 aromatic rings. The van der Waals surface area contributed by atoms with Crippen LogP contribution < -0.4 is 5.32 Å². The third-order valence-electron chi connectivity index (χ3n) is 3.06. The Morgan fingerprint density at radius 2 is 1.81 bits per heavy atom. The van der Waals surface area contributed by atoms with E-state index >= 15 is 0 Å². The summed E-state index contributed by atoms with van der Waals surface area (Å²) in [5, 5.41) is 4.19. The fourth-order valence-corrected chi connectivity index (χ4v) is 3.56. The maximum Gasteiger partial charge on any atom is 0.161 e. The first-order valence-corrected chi connectivity index (χ1v) is 7.94. The molecule has 108 valence electrons. The summed E-state index contributed by atoms with van der Waals surface area (Å²) in [7, 11) is 0. The molecule has 0 bridgehead atoms. The van der Waals surface area contributed by atoms with Crippen molar-refractivity contribution in [3.63, 3.8) is 0 Å². The Kier molecular flexibility index (Phi) is 4.38. The van der Waals surface area contributed by atoms with Crippen LogP contribution >= 0.6 is 35.0 Å². The Labute approximate surface area is 136 Å². The molecule has 0 amide bonds. The standard InChI is InChI=1S/C15H11Cl2FN2S/c16-11-6-10(7-12(17)14(11)18)20-15-19-8-13(21-15)9-4-2-1-3-5-9/h1-7,13H,8H2,(H,19,20). The van der Waals surface area contributed by atoms with E-state index in [2.05, 4.69) is 22.4 Å². The SMILES string of the molecule is Fc1c(Cl)cc(NC2=NCC(c3ccccc3)S2)cc1Cl. The van der Waals surface area contributed by atoms with E-state index in [9.17, 15) is 4.39 Å². The van der Waals surface area contributed by atoms with Gasteiger partial charge in [0, 0.05) is 5.69 Å². The molecule has 0 saturated heterocycles. The van der Waals surface area contributed by atoms with Crippen molar-refractivity contribution < 1.29 is 4.39 Å². The minimum absolute atomic E-state index is 0.00629. The number of hydrogen-bond donors (Lipinski definition) is 1. The minimum Gasteiger partial charge on any atom is -0.335 e. The van der Waals surface area contributed by atoms with Crippen molar-refractivity contribution >= 4 is 45.8 Å². The number of nitrogens with one attached hydrogen (secondary N) is 1. The van der Waals surface area contributed by atoms with Crippen molar-refractivity contribution in [3.8, 4) is 0 Å². The molecule has 6 heteroatoms. The zero-order valence-corrected chi connectivity index (χ0v) is 13.1. The number of rotatable bonds is 2. The fourth-order valence-electron chi connectivity index (χ4n) is 2.04. The van der Waals surface area contributed by atoms with E-state index in [1.807, 2.05) is 18.2 Å². The van der Waals surface area contributed by atoms with Gasteiger partial charge in [0.2, 0.25) is 0 Å². The van der Waals surface area contributed by atoms with E-state index < -0.39 is 5.82 Å². The molecule has 1 N–H and O–H groups in total. The number of nitrogens with zero attached hydrogens (tertiary/aromatic N) is 1. The van der Waals surface area contributed by atoms with E-state index in [1.54, 1.807) is 11.8 Å². The van der Waals surface area contributed by atoms with E-state index in [-0.39, 0.29) is 10.0 Å². The van der Waals surface area contributed by atoms with Crippen molar-refractivity contribution in [3.05, 3.63) is 63.9 Å². The van der Waals surface area contributed by atoms with Crippen molar-refractivity contribution in [2.45, 2.75) is 5.25 Å². The van der Waals surface area contributed by atoms with Crippen LogP contribution in [0.2, 0.25) is 10.0 Å². The lowest BCUT2D eigenvalue weighted by Crippen LogP contribution is -2.05. The lowest BCUT2D eigenvalue weighted by atomic mass is 10.1. The van der Waals surface area contributed by atoms with Gasteiger partial charge >= 0.3 is 0 Å². The summed E-state index contributed by atoms with van der Waals surface area (Å²) < 4.78 is 13.4. The molecular formula is C15H11Cl2FN2S. The van der Waals surface area contributed by atoms with Crippen molar-refractivity contribution in [1.82, 2.24) is 0 Å². The lowest BCUT2D eigenvalue weighted by molar-refractivity contribution is 0.629. The molecule has 0 aromatic heterocycles. The summed E-state index contributed by atoms with van der Waals surface area (Å²) >= 11 is 13.2. The molecule has 2 nitrogen and oxygen atoms in total. The predicted molar refractivity (Wildman–Crippen MR) is 89.1 cm³/mol. The van der Waals surface area contributed by atoms with Gasteiger partial charge in [-0.3, -0.25) is 4.99 Å². The molecule has 1 aliphatic heterocycles. The van der Waals surface area contributed by atoms with Crippen LogP contribution in [0.1, 0.15) is 10.8 Å². The molecule has 0 spiro atoms. The summed E-state index contributed by atoms with van der Waals surface area (Å²) in [6.45, 7) is 0.708. The molecule has 0 fully saturated rings. The van der Waals surface area contributed by atoms with Crippen LogP contribution in [0.5, 0.6) is 0 Å². The quantitative estimate of drug-likeness (QED) is 0.741. The second kappa shape index (κ2) is 6.26. The molecule has 0 saturated carbocycles. The molecule has 21 heavy (non-hydrogen) atoms. The van der Waals surface area contributed by atoms with Crippen molar-refractivity contribution in [1.29, 1.82) is 0 Å². The summed E-state index contributed by atoms with van der Waals surface area (Å²) in [5.74, 6) is -0.605. The van der Waals surface area contributed by atoms with Crippen molar-refractivity contribution in [2.75, 3.05) is 11.9 Å². The second-order valence-corrected chi connectivity index (χ2v) is 6.55. The summed E-state index contributed by atoms with van der Waals surface area (Å²) in [4.78, 5) is 4.46. The van der Waals surface area contributed by atoms with Gasteiger partial charge in [0.05, 0.1) is 21.8 Å². The third-order valence-corrected chi connectivity index (χ3v) is 4.77. The Hall–Kier alpha value is -1.23. The second-order valence-electron chi connectivity index (χ2n) is 4.54. The van der Waals surface area contributed by atoms with Gasteiger partial charge in [0.25, 0.3) is 0 Å². The van der Waals surface area contributed by atoms with E-state index in [0.717, 1.165) is 5.17 Å². The van der Waals surface area contributed by atoms with Gasteiger partial charge in [-0.15, -0.1) is 0 Å². The van der Waals surface area contributed by atoms with Crippen LogP contribution in [0.15, 0.2) is 47.5 Å². The molecule has 1 atom stereocenters. The molecule has 1 aliphatic rings. The lowest BCUT2D eigenvalue weighted by Gasteiger charge is -2.10. The van der Waals surface area contributed by atoms with Crippen LogP contribution in [0, 0.1) is 5.82 Å². The first-order chi connectivity index (χ1) is 10.1. The highest BCUT2D eigenvalue weighted by Crippen LogP contribution is 2.36. The third kappa shape index (κ3) is 3.34. The maximum absolute atomic E-state index is 13.4. The first kappa shape index (κ1) is 14.7. The molecule has 1 heterocycles. The molecule has 0 aliphatic carbocycles. The van der Waals surface area contributed by atoms with Crippen LogP contribution in [-0.2, 0) is 0 Å². The number of thioether (sulfide) groups is 1. The zero-order chi connectivity index (χ0) is 14.8. The summed E-state index contributed by atoms with van der Waals surface area (Å²) in [6.07, 6.45) is 0. The fraction of sp³-hybridized carbons (Fsp3) is 0.133. The number of aliphatic imine (C=N–C) groups is 1. The molecule has 1 unspecified atom stereocenters. The Bertz CT molecular complexity index is 668. The van der Waals surface area contributed by atoms with Gasteiger partial charge < -0.3 is 5.32 Å². The van der Waals surface area contributed by atoms with Crippen LogP contribution in [0.4, 0.5) is 10.1 Å². The number of halogens is 3. The van der Waals surface area contributed by atoms with Gasteiger partial charge in [-0.2, -0.15) is 0 Å². The summed E-state index contributed by atoms with van der Waals surface area (Å²) in [5.41, 5.74) is 1.87. The predicted octanol–water partition coefficient (Wildman–Crippen LogP) is 5.39. The topological polar surface area (TPSA) is 24.4 Å². The maximum atomic E-state index is 13.4. The highest BCUT2D eigenvalue weighted by Gasteiger charge is 2.21. The molecule has 3 rings (SSSR count). The first-order valence-electron chi connectivity index (χ1n) is 6.31. The van der Waals surface area contributed by atoms with Gasteiger partial charge in [0.1, 0.15) is 0 Å². The van der Waals surface area contributed by atoms with E-state index in [0.29, 0.717) is 17.5 Å². The minimum atomic E-state index is -0.605. The highest BCUT2D eigenvalue weighted by molar-refractivity contribution is 8.14. The average Bonchev–Trinajstić information content (AvgIpc) is 2.94. The normalized spacial score (nSPS) is 17.7. The summed E-state index contributed by atoms with van der Waals surface area (Å²) in [6, 6.07) is 13.2. The van der Waals surface area contributed by atoms with Crippen LogP contribution in [-0.4, -0.2) is 11.7 Å². The van der Waals surface area contributed by atoms with Gasteiger partial charge in [-0.1, -0.05) is 65.3 Å². The van der Waals surface area contributed by atoms with Gasteiger partial charge in [0.15, 0.2) is 11.0 Å². The van der Waals surface area contributed by atoms with Gasteiger partial charge in [-0.25, -0.2) is 4.39 Å². The number of anilines is 1. The Morgan fingerprint density at radius 1 is 1.14 bits per heavy atom. The highest BCUT2D eigenvalue weighted by atomic mass is 35.5. The van der Waals surface area contributed by atoms with Gasteiger partial charge in [-0.05, 0) is 17.7 Å². The zero-order valence-electron chi connectivity index (χ0n) is 10.8. The Balaban J connectivity index is 1.70. The Morgan fingerprint density at radius 3 is 2.48 bits per heavy atom. The molecule has 2 aromatic carbocycles. The molecular weight excluding hydrogens is 330 g/mol. The number of amidine groups is 1. The van der Waals surface area contributed by atoms with E-state index in [4.69, 9.17) is 23.2 Å². The molecule has 0 radical (unpaired) electrons. The van der Waals surface area contributed by atoms with Crippen LogP contribution in [0.3, 0.4) is 0 Å². The van der Waals surface area contributed by atoms with Crippen LogP contribution in [0.25, 0.3) is 0 Å². The number of hydrogen-bond acceptors (Lipinski definition) is 3. The smallest absolute Gasteiger partial charge is 0.161 e. The van der Waals surface area contributed by atoms with Crippen molar-refractivity contribution in [2.24, 2.45) is 4.99 Å².